The van der Waals surface area contributed by atoms with Gasteiger partial charge < -0.3 is 9.88 Å². The van der Waals surface area contributed by atoms with E-state index in [0.29, 0.717) is 28.9 Å². The molecule has 2 aromatic rings. The van der Waals surface area contributed by atoms with Gasteiger partial charge in [0.25, 0.3) is 0 Å². The quantitative estimate of drug-likeness (QED) is 0.475. The first-order valence-electron chi connectivity index (χ1n) is 8.86. The Morgan fingerprint density at radius 1 is 1.39 bits per heavy atom. The smallest absolute Gasteiger partial charge is 0.240 e. The van der Waals surface area contributed by atoms with Gasteiger partial charge in [-0.3, -0.25) is 4.79 Å². The van der Waals surface area contributed by atoms with Crippen LogP contribution in [0.15, 0.2) is 40.9 Å². The number of hydrogen-bond donors (Lipinski definition) is 2. The maximum atomic E-state index is 12.3. The van der Waals surface area contributed by atoms with Crippen LogP contribution in [0, 0.1) is 6.92 Å². The number of carbonyl (C=O) groups is 1. The molecule has 1 aromatic heterocycles. The van der Waals surface area contributed by atoms with E-state index in [-0.39, 0.29) is 16.6 Å². The monoisotopic (exact) mass is 421 g/mol. The Labute approximate surface area is 168 Å². The Morgan fingerprint density at radius 3 is 2.79 bits per heavy atom. The van der Waals surface area contributed by atoms with Crippen LogP contribution in [0.25, 0.3) is 0 Å². The summed E-state index contributed by atoms with van der Waals surface area (Å²) in [6, 6.07) is 4.79. The van der Waals surface area contributed by atoms with Crippen molar-refractivity contribution in [3.63, 3.8) is 0 Å². The maximum absolute atomic E-state index is 12.3. The highest BCUT2D eigenvalue weighted by Gasteiger charge is 2.30. The van der Waals surface area contributed by atoms with Crippen molar-refractivity contribution in [1.29, 1.82) is 0 Å². The lowest BCUT2D eigenvalue weighted by Crippen LogP contribution is -2.20. The minimum absolute atomic E-state index is 0.139. The molecule has 0 atom stereocenters. The van der Waals surface area contributed by atoms with Crippen LogP contribution in [-0.4, -0.2) is 41.9 Å². The average Bonchev–Trinajstić information content (AvgIpc) is 3.43. The number of benzene rings is 1. The van der Waals surface area contributed by atoms with E-state index in [4.69, 9.17) is 0 Å². The number of carbonyl (C=O) groups excluding carboxylic acids is 1. The van der Waals surface area contributed by atoms with Crippen LogP contribution in [0.2, 0.25) is 0 Å². The fraction of sp³-hybridized carbons (Fsp3) is 0.389. The molecule has 0 unspecified atom stereocenters. The molecule has 0 saturated heterocycles. The standard InChI is InChI=1S/C18H23N5O3S2/c1-4-9-23-17(13-6-7-13)21-22-18(23)27-11-16(24)20-14-8-5-12(2)15(10-14)28(25,26)19-3/h4-5,8,10,13,19H,1,6-7,9,11H2,2-3H3,(H,20,24). The molecule has 1 aliphatic carbocycles. The summed E-state index contributed by atoms with van der Waals surface area (Å²) in [6.07, 6.45) is 4.02. The predicted molar refractivity (Wildman–Crippen MR) is 109 cm³/mol. The summed E-state index contributed by atoms with van der Waals surface area (Å²) < 4.78 is 28.4. The lowest BCUT2D eigenvalue weighted by Gasteiger charge is -2.10. The van der Waals surface area contributed by atoms with Crippen LogP contribution in [0.5, 0.6) is 0 Å². The number of amides is 1. The van der Waals surface area contributed by atoms with E-state index in [0.717, 1.165) is 18.7 Å². The Kier molecular flexibility index (Phi) is 6.21. The first-order valence-corrected chi connectivity index (χ1v) is 11.3. The molecule has 0 spiro atoms. The first kappa shape index (κ1) is 20.6. The van der Waals surface area contributed by atoms with Gasteiger partial charge in [-0.25, -0.2) is 13.1 Å². The molecule has 150 valence electrons. The fourth-order valence-corrected chi connectivity index (χ4v) is 4.50. The fourth-order valence-electron chi connectivity index (χ4n) is 2.76. The molecule has 2 N–H and O–H groups in total. The van der Waals surface area contributed by atoms with Crippen molar-refractivity contribution in [3.8, 4) is 0 Å². The summed E-state index contributed by atoms with van der Waals surface area (Å²) in [6.45, 7) is 6.08. The molecule has 0 radical (unpaired) electrons. The number of aromatic nitrogens is 3. The number of thioether (sulfide) groups is 1. The SMILES string of the molecule is C=CCn1c(SCC(=O)Nc2ccc(C)c(S(=O)(=O)NC)c2)nnc1C1CC1. The molecular weight excluding hydrogens is 398 g/mol. The van der Waals surface area contributed by atoms with E-state index >= 15 is 0 Å². The summed E-state index contributed by atoms with van der Waals surface area (Å²) in [5.74, 6) is 1.30. The predicted octanol–water partition coefficient (Wildman–Crippen LogP) is 2.29. The minimum atomic E-state index is -3.59. The third-order valence-electron chi connectivity index (χ3n) is 4.36. The highest BCUT2D eigenvalue weighted by molar-refractivity contribution is 7.99. The van der Waals surface area contributed by atoms with E-state index < -0.39 is 10.0 Å². The van der Waals surface area contributed by atoms with E-state index in [2.05, 4.69) is 26.8 Å². The number of hydrogen-bond acceptors (Lipinski definition) is 6. The summed E-state index contributed by atoms with van der Waals surface area (Å²) in [4.78, 5) is 12.5. The third kappa shape index (κ3) is 4.62. The van der Waals surface area contributed by atoms with Crippen molar-refractivity contribution in [2.75, 3.05) is 18.1 Å². The number of nitrogens with zero attached hydrogens (tertiary/aromatic N) is 3. The number of sulfonamides is 1. The normalized spacial score (nSPS) is 14.1. The topological polar surface area (TPSA) is 106 Å². The van der Waals surface area contributed by atoms with E-state index in [1.807, 2.05) is 4.57 Å². The summed E-state index contributed by atoms with van der Waals surface area (Å²) in [5, 5.41) is 11.9. The van der Waals surface area contributed by atoms with Crippen molar-refractivity contribution in [1.82, 2.24) is 19.5 Å². The Bertz CT molecular complexity index is 997. The number of aryl methyl sites for hydroxylation is 1. The van der Waals surface area contributed by atoms with Gasteiger partial charge in [0.2, 0.25) is 15.9 Å². The zero-order valence-corrected chi connectivity index (χ0v) is 17.4. The molecule has 10 heteroatoms. The van der Waals surface area contributed by atoms with Crippen molar-refractivity contribution in [2.24, 2.45) is 0 Å². The van der Waals surface area contributed by atoms with Crippen LogP contribution >= 0.6 is 11.8 Å². The Balaban J connectivity index is 1.67. The Morgan fingerprint density at radius 2 is 2.14 bits per heavy atom. The lowest BCUT2D eigenvalue weighted by molar-refractivity contribution is -0.113. The van der Waals surface area contributed by atoms with Gasteiger partial charge in [-0.2, -0.15) is 0 Å². The molecule has 3 rings (SSSR count). The molecular formula is C18H23N5O3S2. The molecule has 28 heavy (non-hydrogen) atoms. The molecule has 1 aromatic carbocycles. The van der Waals surface area contributed by atoms with Gasteiger partial charge >= 0.3 is 0 Å². The van der Waals surface area contributed by atoms with E-state index in [1.54, 1.807) is 25.1 Å². The van der Waals surface area contributed by atoms with Gasteiger partial charge in [-0.05, 0) is 44.5 Å². The second kappa shape index (κ2) is 8.46. The minimum Gasteiger partial charge on any atom is -0.325 e. The zero-order chi connectivity index (χ0) is 20.3. The average molecular weight is 422 g/mol. The molecule has 1 fully saturated rings. The van der Waals surface area contributed by atoms with Crippen LogP contribution in [0.1, 0.15) is 30.1 Å². The molecule has 0 bridgehead atoms. The van der Waals surface area contributed by atoms with Crippen molar-refractivity contribution < 1.29 is 13.2 Å². The highest BCUT2D eigenvalue weighted by Crippen LogP contribution is 2.40. The van der Waals surface area contributed by atoms with Crippen molar-refractivity contribution in [2.45, 2.75) is 42.3 Å². The van der Waals surface area contributed by atoms with Crippen molar-refractivity contribution in [3.05, 3.63) is 42.2 Å². The van der Waals surface area contributed by atoms with Crippen LogP contribution in [-0.2, 0) is 21.4 Å². The van der Waals surface area contributed by atoms with Crippen LogP contribution in [0.4, 0.5) is 5.69 Å². The lowest BCUT2D eigenvalue weighted by atomic mass is 10.2. The number of nitrogens with one attached hydrogen (secondary N) is 2. The van der Waals surface area contributed by atoms with E-state index in [1.165, 1.54) is 24.9 Å². The van der Waals surface area contributed by atoms with Gasteiger partial charge in [0, 0.05) is 18.2 Å². The number of rotatable bonds is 9. The maximum Gasteiger partial charge on any atom is 0.240 e. The summed E-state index contributed by atoms with van der Waals surface area (Å²) in [7, 11) is -2.24. The van der Waals surface area contributed by atoms with Gasteiger partial charge in [0.15, 0.2) is 5.16 Å². The first-order chi connectivity index (χ1) is 13.4. The third-order valence-corrected chi connectivity index (χ3v) is 6.89. The van der Waals surface area contributed by atoms with Crippen LogP contribution < -0.4 is 10.0 Å². The molecule has 0 aliphatic heterocycles. The second-order valence-electron chi connectivity index (χ2n) is 6.54. The van der Waals surface area contributed by atoms with Gasteiger partial charge in [0.1, 0.15) is 5.82 Å². The van der Waals surface area contributed by atoms with Crippen molar-refractivity contribution >= 4 is 33.4 Å². The van der Waals surface area contributed by atoms with Gasteiger partial charge in [-0.1, -0.05) is 23.9 Å². The second-order valence-corrected chi connectivity index (χ2v) is 9.34. The zero-order valence-electron chi connectivity index (χ0n) is 15.8. The number of allylic oxidation sites excluding steroid dienone is 1. The Hall–Kier alpha value is -2.17. The molecule has 8 nitrogen and oxygen atoms in total. The molecule has 1 aliphatic rings. The molecule has 1 saturated carbocycles. The van der Waals surface area contributed by atoms with Gasteiger partial charge in [-0.15, -0.1) is 16.8 Å². The van der Waals surface area contributed by atoms with Gasteiger partial charge in [0.05, 0.1) is 10.6 Å². The number of anilines is 1. The highest BCUT2D eigenvalue weighted by atomic mass is 32.2. The largest absolute Gasteiger partial charge is 0.325 e. The molecule has 1 amide bonds. The summed E-state index contributed by atoms with van der Waals surface area (Å²) >= 11 is 1.30. The summed E-state index contributed by atoms with van der Waals surface area (Å²) in [5.41, 5.74) is 1.03. The van der Waals surface area contributed by atoms with Crippen LogP contribution in [0.3, 0.4) is 0 Å². The van der Waals surface area contributed by atoms with E-state index in [9.17, 15) is 13.2 Å². The molecule has 1 heterocycles.